The number of nitrogens with one attached hydrogen (secondary N) is 1. The van der Waals surface area contributed by atoms with Gasteiger partial charge in [-0.05, 0) is 42.7 Å². The topological polar surface area (TPSA) is 88.1 Å². The predicted molar refractivity (Wildman–Crippen MR) is 118 cm³/mol. The molecule has 2 atom stereocenters. The number of likely N-dealkylation sites (tertiary alicyclic amines) is 1. The van der Waals surface area contributed by atoms with E-state index in [1.807, 2.05) is 24.3 Å². The molecule has 0 bridgehead atoms. The number of nitrogens with zero attached hydrogens (tertiary/aromatic N) is 1. The summed E-state index contributed by atoms with van der Waals surface area (Å²) in [5.74, 6) is -2.52. The Bertz CT molecular complexity index is 1020. The Morgan fingerprint density at radius 3 is 2.51 bits per heavy atom. The molecule has 1 fully saturated rings. The number of hydrogen-bond donors (Lipinski definition) is 2. The minimum atomic E-state index is -5.08. The van der Waals surface area contributed by atoms with Gasteiger partial charge in [0.25, 0.3) is 5.91 Å². The van der Waals surface area contributed by atoms with Crippen molar-refractivity contribution in [1.29, 1.82) is 0 Å². The number of halogens is 4. The van der Waals surface area contributed by atoms with E-state index in [1.54, 1.807) is 18.2 Å². The van der Waals surface area contributed by atoms with Gasteiger partial charge in [0.05, 0.1) is 5.56 Å². The quantitative estimate of drug-likeness (QED) is 0.615. The van der Waals surface area contributed by atoms with Gasteiger partial charge in [-0.3, -0.25) is 9.69 Å². The minimum Gasteiger partial charge on any atom is -0.485 e. The van der Waals surface area contributed by atoms with Gasteiger partial charge in [0.1, 0.15) is 23.8 Å². The van der Waals surface area contributed by atoms with E-state index in [-0.39, 0.29) is 23.9 Å². The second-order valence-corrected chi connectivity index (χ2v) is 8.15. The molecule has 0 radical (unpaired) electrons. The lowest BCUT2D eigenvalue weighted by atomic mass is 10.1. The predicted octanol–water partition coefficient (Wildman–Crippen LogP) is 3.63. The zero-order valence-corrected chi connectivity index (χ0v) is 18.8. The normalized spacial score (nSPS) is 21.1. The summed E-state index contributed by atoms with van der Waals surface area (Å²) >= 11 is 0. The van der Waals surface area contributed by atoms with Gasteiger partial charge in [-0.25, -0.2) is 9.18 Å². The van der Waals surface area contributed by atoms with E-state index in [0.29, 0.717) is 37.6 Å². The third kappa shape index (κ3) is 7.93. The number of amides is 1. The van der Waals surface area contributed by atoms with Crippen LogP contribution in [0.1, 0.15) is 28.8 Å². The van der Waals surface area contributed by atoms with Gasteiger partial charge in [-0.2, -0.15) is 13.2 Å². The molecule has 0 unspecified atom stereocenters. The zero-order valence-electron chi connectivity index (χ0n) is 18.8. The Labute approximate surface area is 199 Å². The SMILES string of the molecule is O=C(O)C(F)(F)F.O=C1NCCCCO[C@H]2CN(Cc3cccc(F)c3)C[C@H]2Oc2ccccc21. The second-order valence-electron chi connectivity index (χ2n) is 8.15. The first-order valence-corrected chi connectivity index (χ1v) is 11.1. The summed E-state index contributed by atoms with van der Waals surface area (Å²) in [6.07, 6.45) is -3.58. The molecule has 1 saturated heterocycles. The molecule has 1 amide bonds. The average Bonchev–Trinajstić information content (AvgIpc) is 3.16. The number of alkyl halides is 3. The number of hydrogen-bond acceptors (Lipinski definition) is 5. The minimum absolute atomic E-state index is 0.0795. The fourth-order valence-corrected chi connectivity index (χ4v) is 3.79. The largest absolute Gasteiger partial charge is 0.490 e. The highest BCUT2D eigenvalue weighted by Crippen LogP contribution is 2.26. The lowest BCUT2D eigenvalue weighted by Crippen LogP contribution is -2.34. The van der Waals surface area contributed by atoms with Crippen molar-refractivity contribution in [3.05, 3.63) is 65.5 Å². The standard InChI is InChI=1S/C22H25FN2O3.C2HF3O2/c23-17-7-5-6-16(12-17)13-25-14-20-21(15-25)28-19-9-2-1-8-18(19)22(26)24-10-3-4-11-27-20;3-2(4,5)1(6)7/h1-2,5-9,12,20-21H,3-4,10-11,13-15H2,(H,24,26);(H,6,7)/t20-,21+;/m0./s1. The zero-order chi connectivity index (χ0) is 25.4. The van der Waals surface area contributed by atoms with Gasteiger partial charge < -0.3 is 19.9 Å². The van der Waals surface area contributed by atoms with E-state index < -0.39 is 12.1 Å². The fourth-order valence-electron chi connectivity index (χ4n) is 3.79. The van der Waals surface area contributed by atoms with Crippen LogP contribution in [-0.4, -0.2) is 66.5 Å². The molecule has 0 aliphatic carbocycles. The lowest BCUT2D eigenvalue weighted by molar-refractivity contribution is -0.192. The molecule has 4 rings (SSSR count). The highest BCUT2D eigenvalue weighted by atomic mass is 19.4. The summed E-state index contributed by atoms with van der Waals surface area (Å²) < 4.78 is 57.6. The number of carboxylic acids is 1. The van der Waals surface area contributed by atoms with Gasteiger partial charge in [-0.15, -0.1) is 0 Å². The lowest BCUT2D eigenvalue weighted by Gasteiger charge is -2.23. The van der Waals surface area contributed by atoms with E-state index in [0.717, 1.165) is 24.9 Å². The molecule has 0 aromatic heterocycles. The van der Waals surface area contributed by atoms with Crippen LogP contribution in [0.25, 0.3) is 0 Å². The average molecular weight is 498 g/mol. The number of fused-ring (bicyclic) bond motifs is 2. The third-order valence-corrected chi connectivity index (χ3v) is 5.43. The monoisotopic (exact) mass is 498 g/mol. The molecule has 2 aromatic rings. The summed E-state index contributed by atoms with van der Waals surface area (Å²) in [7, 11) is 0. The van der Waals surface area contributed by atoms with E-state index in [2.05, 4.69) is 10.2 Å². The molecule has 11 heteroatoms. The van der Waals surface area contributed by atoms with Crippen LogP contribution in [0.3, 0.4) is 0 Å². The number of carbonyl (C=O) groups is 2. The number of rotatable bonds is 2. The van der Waals surface area contributed by atoms with Crippen LogP contribution in [0.15, 0.2) is 48.5 Å². The number of aliphatic carboxylic acids is 1. The molecule has 0 saturated carbocycles. The number of para-hydroxylation sites is 1. The van der Waals surface area contributed by atoms with E-state index in [4.69, 9.17) is 19.4 Å². The van der Waals surface area contributed by atoms with Gasteiger partial charge in [0, 0.05) is 32.8 Å². The van der Waals surface area contributed by atoms with Crippen molar-refractivity contribution in [2.45, 2.75) is 37.8 Å². The molecule has 2 aliphatic heterocycles. The van der Waals surface area contributed by atoms with Crippen LogP contribution in [0.5, 0.6) is 5.75 Å². The number of carbonyl (C=O) groups excluding carboxylic acids is 1. The maximum Gasteiger partial charge on any atom is 0.490 e. The van der Waals surface area contributed by atoms with E-state index in [9.17, 15) is 22.4 Å². The van der Waals surface area contributed by atoms with Gasteiger partial charge in [-0.1, -0.05) is 24.3 Å². The molecular formula is C24H26F4N2O5. The molecule has 0 spiro atoms. The van der Waals surface area contributed by atoms with Crippen LogP contribution >= 0.6 is 0 Å². The first-order valence-electron chi connectivity index (χ1n) is 11.1. The number of ether oxygens (including phenoxy) is 2. The highest BCUT2D eigenvalue weighted by molar-refractivity contribution is 5.96. The summed E-state index contributed by atoms with van der Waals surface area (Å²) in [5, 5.41) is 10.1. The summed E-state index contributed by atoms with van der Waals surface area (Å²) in [6.45, 7) is 3.28. The molecule has 190 valence electrons. The Morgan fingerprint density at radius 1 is 1.09 bits per heavy atom. The molecule has 2 aliphatic rings. The molecule has 2 N–H and O–H groups in total. The Kier molecular flexibility index (Phi) is 9.05. The van der Waals surface area contributed by atoms with Crippen molar-refractivity contribution in [3.8, 4) is 5.75 Å². The van der Waals surface area contributed by atoms with Crippen molar-refractivity contribution >= 4 is 11.9 Å². The van der Waals surface area contributed by atoms with Crippen LogP contribution in [0.2, 0.25) is 0 Å². The van der Waals surface area contributed by atoms with E-state index >= 15 is 0 Å². The fraction of sp³-hybridized carbons (Fsp3) is 0.417. The summed E-state index contributed by atoms with van der Waals surface area (Å²) in [4.78, 5) is 23.6. The molecule has 2 heterocycles. The van der Waals surface area contributed by atoms with Crippen LogP contribution < -0.4 is 10.1 Å². The van der Waals surface area contributed by atoms with Gasteiger partial charge in [0.2, 0.25) is 0 Å². The highest BCUT2D eigenvalue weighted by Gasteiger charge is 2.38. The van der Waals surface area contributed by atoms with Crippen molar-refractivity contribution in [2.75, 3.05) is 26.2 Å². The second kappa shape index (κ2) is 12.0. The van der Waals surface area contributed by atoms with Crippen LogP contribution in [0.4, 0.5) is 17.6 Å². The first-order chi connectivity index (χ1) is 16.6. The molecule has 7 nitrogen and oxygen atoms in total. The van der Waals surface area contributed by atoms with Gasteiger partial charge >= 0.3 is 12.1 Å². The maximum absolute atomic E-state index is 13.5. The van der Waals surface area contributed by atoms with Crippen molar-refractivity contribution in [3.63, 3.8) is 0 Å². The number of benzene rings is 2. The van der Waals surface area contributed by atoms with Crippen LogP contribution in [0, 0.1) is 5.82 Å². The van der Waals surface area contributed by atoms with Crippen LogP contribution in [-0.2, 0) is 16.1 Å². The van der Waals surface area contributed by atoms with Crippen molar-refractivity contribution in [1.82, 2.24) is 10.2 Å². The smallest absolute Gasteiger partial charge is 0.485 e. The Balaban J connectivity index is 0.000000429. The third-order valence-electron chi connectivity index (χ3n) is 5.43. The first kappa shape index (κ1) is 26.4. The summed E-state index contributed by atoms with van der Waals surface area (Å²) in [5.41, 5.74) is 1.47. The van der Waals surface area contributed by atoms with Gasteiger partial charge in [0.15, 0.2) is 0 Å². The maximum atomic E-state index is 13.5. The van der Waals surface area contributed by atoms with Crippen molar-refractivity contribution < 1.29 is 41.7 Å². The Morgan fingerprint density at radius 2 is 1.80 bits per heavy atom. The molecule has 2 aromatic carbocycles. The Hall–Kier alpha value is -3.18. The van der Waals surface area contributed by atoms with Crippen molar-refractivity contribution in [2.24, 2.45) is 0 Å². The molecular weight excluding hydrogens is 472 g/mol. The summed E-state index contributed by atoms with van der Waals surface area (Å²) in [6, 6.07) is 14.0. The molecule has 35 heavy (non-hydrogen) atoms. The van der Waals surface area contributed by atoms with E-state index in [1.165, 1.54) is 6.07 Å². The number of carboxylic acid groups (broad SMARTS) is 1.